The van der Waals surface area contributed by atoms with E-state index in [4.69, 9.17) is 9.15 Å². The zero-order chi connectivity index (χ0) is 23.1. The Labute approximate surface area is 192 Å². The maximum atomic E-state index is 13.6. The summed E-state index contributed by atoms with van der Waals surface area (Å²) in [5.41, 5.74) is 0.963. The lowest BCUT2D eigenvalue weighted by Gasteiger charge is -2.26. The molecule has 7 nitrogen and oxygen atoms in total. The minimum absolute atomic E-state index is 0.0271. The molecule has 3 heterocycles. The third kappa shape index (κ3) is 3.54. The molecule has 0 radical (unpaired) electrons. The van der Waals surface area contributed by atoms with Gasteiger partial charge in [0.05, 0.1) is 25.3 Å². The van der Waals surface area contributed by atoms with Gasteiger partial charge in [-0.05, 0) is 41.3 Å². The number of ether oxygens (including phenoxy) is 1. The first-order valence-corrected chi connectivity index (χ1v) is 11.0. The fourth-order valence-electron chi connectivity index (χ4n) is 4.06. The molecule has 1 aliphatic rings. The molecule has 0 aliphatic carbocycles. The van der Waals surface area contributed by atoms with Gasteiger partial charge >= 0.3 is 0 Å². The number of fused-ring (bicyclic) bond motifs is 1. The average Bonchev–Trinajstić information content (AvgIpc) is 3.54. The molecule has 1 amide bonds. The molecule has 166 valence electrons. The number of aromatic hydroxyl groups is 1. The van der Waals surface area contributed by atoms with Gasteiger partial charge in [-0.25, -0.2) is 0 Å². The molecule has 8 heteroatoms. The van der Waals surface area contributed by atoms with Crippen LogP contribution in [-0.2, 0) is 11.3 Å². The first-order chi connectivity index (χ1) is 16.0. The van der Waals surface area contributed by atoms with E-state index in [2.05, 4.69) is 0 Å². The Balaban J connectivity index is 1.63. The first kappa shape index (κ1) is 20.8. The second-order valence-electron chi connectivity index (χ2n) is 7.59. The Bertz CT molecular complexity index is 1370. The van der Waals surface area contributed by atoms with Crippen LogP contribution in [0.5, 0.6) is 11.5 Å². The number of carbonyl (C=O) groups is 2. The van der Waals surface area contributed by atoms with Crippen molar-refractivity contribution in [1.82, 2.24) is 4.90 Å². The average molecular weight is 461 g/mol. The Kier molecular flexibility index (Phi) is 5.14. The van der Waals surface area contributed by atoms with Crippen molar-refractivity contribution < 1.29 is 29.0 Å². The number of methoxy groups -OCH3 is 1. The largest absolute Gasteiger partial charge is 0.504 e. The smallest absolute Gasteiger partial charge is 0.290 e. The highest BCUT2D eigenvalue weighted by Crippen LogP contribution is 2.42. The van der Waals surface area contributed by atoms with Crippen LogP contribution < -0.4 is 4.74 Å². The molecular formula is C25H19NO6S. The molecular weight excluding hydrogens is 442 g/mol. The second-order valence-corrected chi connectivity index (χ2v) is 8.62. The Morgan fingerprint density at radius 3 is 2.67 bits per heavy atom. The molecule has 4 aromatic rings. The normalized spacial score (nSPS) is 16.1. The molecule has 0 spiro atoms. The summed E-state index contributed by atoms with van der Waals surface area (Å²) in [7, 11) is 1.41. The van der Waals surface area contributed by atoms with E-state index >= 15 is 0 Å². The molecule has 5 rings (SSSR count). The third-order valence-electron chi connectivity index (χ3n) is 5.62. The second kappa shape index (κ2) is 8.14. The van der Waals surface area contributed by atoms with Gasteiger partial charge in [0, 0.05) is 10.3 Å². The summed E-state index contributed by atoms with van der Waals surface area (Å²) in [6.45, 7) is 0.200. The number of amides is 1. The monoisotopic (exact) mass is 461 g/mol. The van der Waals surface area contributed by atoms with E-state index in [0.29, 0.717) is 11.1 Å². The highest BCUT2D eigenvalue weighted by molar-refractivity contribution is 7.09. The van der Waals surface area contributed by atoms with E-state index in [0.717, 1.165) is 10.3 Å². The number of carbonyl (C=O) groups excluding carboxylic acids is 2. The van der Waals surface area contributed by atoms with Crippen molar-refractivity contribution >= 4 is 34.0 Å². The van der Waals surface area contributed by atoms with Gasteiger partial charge in [0.25, 0.3) is 5.91 Å². The van der Waals surface area contributed by atoms with Crippen LogP contribution in [0.3, 0.4) is 0 Å². The number of ketones is 1. The lowest BCUT2D eigenvalue weighted by atomic mass is 9.94. The quantitative estimate of drug-likeness (QED) is 0.393. The number of aliphatic hydroxyl groups is 1. The maximum Gasteiger partial charge on any atom is 0.290 e. The summed E-state index contributed by atoms with van der Waals surface area (Å²) < 4.78 is 11.0. The first-order valence-electron chi connectivity index (χ1n) is 10.1. The van der Waals surface area contributed by atoms with Crippen LogP contribution in [-0.4, -0.2) is 33.9 Å². The number of hydrogen-bond acceptors (Lipinski definition) is 7. The van der Waals surface area contributed by atoms with Gasteiger partial charge in [0.1, 0.15) is 5.58 Å². The minimum Gasteiger partial charge on any atom is -0.504 e. The van der Waals surface area contributed by atoms with E-state index in [9.17, 15) is 19.8 Å². The Morgan fingerprint density at radius 1 is 1.12 bits per heavy atom. The predicted molar refractivity (Wildman–Crippen MR) is 122 cm³/mol. The van der Waals surface area contributed by atoms with Gasteiger partial charge in [-0.1, -0.05) is 30.3 Å². The fraction of sp³-hybridized carbons (Fsp3) is 0.120. The highest BCUT2D eigenvalue weighted by atomic mass is 32.1. The van der Waals surface area contributed by atoms with E-state index in [1.807, 2.05) is 29.6 Å². The van der Waals surface area contributed by atoms with Gasteiger partial charge in [0.15, 0.2) is 23.0 Å². The number of furan rings is 1. The van der Waals surface area contributed by atoms with Crippen molar-refractivity contribution in [3.05, 3.63) is 93.6 Å². The minimum atomic E-state index is -0.894. The molecule has 0 fully saturated rings. The van der Waals surface area contributed by atoms with Crippen LogP contribution in [0.2, 0.25) is 0 Å². The number of para-hydroxylation sites is 1. The van der Waals surface area contributed by atoms with Gasteiger partial charge in [0.2, 0.25) is 5.78 Å². The summed E-state index contributed by atoms with van der Waals surface area (Å²) in [5, 5.41) is 23.5. The number of hydrogen-bond donors (Lipinski definition) is 2. The van der Waals surface area contributed by atoms with Crippen molar-refractivity contribution in [1.29, 1.82) is 0 Å². The number of thiophene rings is 1. The van der Waals surface area contributed by atoms with Crippen molar-refractivity contribution in [2.75, 3.05) is 7.11 Å². The van der Waals surface area contributed by atoms with Gasteiger partial charge in [-0.3, -0.25) is 9.59 Å². The van der Waals surface area contributed by atoms with E-state index in [-0.39, 0.29) is 29.4 Å². The molecule has 33 heavy (non-hydrogen) atoms. The molecule has 2 aromatic heterocycles. The SMILES string of the molecule is COc1cc(C2C(C(=O)c3cc4ccccc4o3)=C(O)C(=O)N2Cc2cccs2)ccc1O. The highest BCUT2D eigenvalue weighted by Gasteiger charge is 2.44. The maximum absolute atomic E-state index is 13.6. The third-order valence-corrected chi connectivity index (χ3v) is 6.48. The summed E-state index contributed by atoms with van der Waals surface area (Å²) in [4.78, 5) is 29.0. The van der Waals surface area contributed by atoms with Crippen LogP contribution in [0.4, 0.5) is 0 Å². The summed E-state index contributed by atoms with van der Waals surface area (Å²) in [6, 6.07) is 16.2. The summed E-state index contributed by atoms with van der Waals surface area (Å²) in [6.07, 6.45) is 0. The van der Waals surface area contributed by atoms with Crippen LogP contribution in [0.1, 0.15) is 27.0 Å². The van der Waals surface area contributed by atoms with Gasteiger partial charge < -0.3 is 24.3 Å². The van der Waals surface area contributed by atoms with Crippen molar-refractivity contribution in [2.45, 2.75) is 12.6 Å². The van der Waals surface area contributed by atoms with Gasteiger partial charge in [-0.2, -0.15) is 0 Å². The van der Waals surface area contributed by atoms with Crippen molar-refractivity contribution in [3.63, 3.8) is 0 Å². The molecule has 2 aromatic carbocycles. The number of aliphatic hydroxyl groups excluding tert-OH is 1. The zero-order valence-electron chi connectivity index (χ0n) is 17.5. The summed E-state index contributed by atoms with van der Waals surface area (Å²) in [5.74, 6) is -1.71. The number of Topliss-reactive ketones (excluding diaryl/α,β-unsaturated/α-hetero) is 1. The van der Waals surface area contributed by atoms with Crippen LogP contribution >= 0.6 is 11.3 Å². The standard InChI is InChI=1S/C25H19NO6S/c1-31-19-12-15(8-9-17(19)27)22-21(23(28)20-11-14-5-2-3-7-18(14)32-20)24(29)25(30)26(22)13-16-6-4-10-33-16/h2-12,22,27,29H,13H2,1H3. The van der Waals surface area contributed by atoms with E-state index in [1.54, 1.807) is 30.3 Å². The fourth-order valence-corrected chi connectivity index (χ4v) is 4.76. The van der Waals surface area contributed by atoms with Crippen LogP contribution in [0.15, 0.2) is 81.8 Å². The Morgan fingerprint density at radius 2 is 1.94 bits per heavy atom. The van der Waals surface area contributed by atoms with Crippen LogP contribution in [0, 0.1) is 0 Å². The number of rotatable bonds is 6. The van der Waals surface area contributed by atoms with Crippen molar-refractivity contribution in [3.8, 4) is 11.5 Å². The topological polar surface area (TPSA) is 100 Å². The van der Waals surface area contributed by atoms with Crippen LogP contribution in [0.25, 0.3) is 11.0 Å². The lowest BCUT2D eigenvalue weighted by molar-refractivity contribution is -0.130. The predicted octanol–water partition coefficient (Wildman–Crippen LogP) is 4.99. The Hall–Kier alpha value is -4.04. The molecule has 1 aliphatic heterocycles. The van der Waals surface area contributed by atoms with E-state index < -0.39 is 23.5 Å². The zero-order valence-corrected chi connectivity index (χ0v) is 18.3. The number of phenols is 1. The van der Waals surface area contributed by atoms with Crippen molar-refractivity contribution in [2.24, 2.45) is 0 Å². The molecule has 0 saturated heterocycles. The molecule has 1 atom stereocenters. The van der Waals surface area contributed by atoms with Gasteiger partial charge in [-0.15, -0.1) is 11.3 Å². The molecule has 0 saturated carbocycles. The molecule has 1 unspecified atom stereocenters. The summed E-state index contributed by atoms with van der Waals surface area (Å²) >= 11 is 1.47. The number of phenolic OH excluding ortho intramolecular Hbond substituents is 1. The molecule has 0 bridgehead atoms. The molecule has 2 N–H and O–H groups in total. The number of nitrogens with zero attached hydrogens (tertiary/aromatic N) is 1. The lowest BCUT2D eigenvalue weighted by Crippen LogP contribution is -2.30. The van der Waals surface area contributed by atoms with E-state index in [1.165, 1.54) is 29.4 Å². The number of benzene rings is 2.